The Morgan fingerprint density at radius 1 is 1.29 bits per heavy atom. The molecule has 2 aromatic heterocycles. The molecular weight excluding hydrogens is 414 g/mol. The normalized spacial score (nSPS) is 16.9. The Morgan fingerprint density at radius 2 is 2.10 bits per heavy atom. The molecule has 1 unspecified atom stereocenters. The van der Waals surface area contributed by atoms with E-state index >= 15 is 0 Å². The van der Waals surface area contributed by atoms with Crippen LogP contribution in [-0.2, 0) is 11.2 Å². The summed E-state index contributed by atoms with van der Waals surface area (Å²) in [6, 6.07) is 6.46. The number of thiazole rings is 1. The van der Waals surface area contributed by atoms with Crippen LogP contribution in [0.15, 0.2) is 24.5 Å². The standard InChI is InChI=1S/C22H25N5O3S/c1-12(2)27-20(23-11-24-27)21-25-19-16-5-4-14(8-17(16)30-7-6-18(19)31-21)15-9-26(10-15)22(29)13(3)28/h4-5,8,11-13,15,28H,6-7,9-10H2,1-3H3. The number of fused-ring (bicyclic) bond motifs is 3. The summed E-state index contributed by atoms with van der Waals surface area (Å²) in [4.78, 5) is 24.2. The third kappa shape index (κ3) is 3.51. The number of amides is 1. The monoisotopic (exact) mass is 439 g/mol. The molecule has 3 aromatic rings. The Labute approximate surface area is 184 Å². The van der Waals surface area contributed by atoms with E-state index in [1.165, 1.54) is 11.8 Å². The number of carbonyl (C=O) groups excluding carboxylic acids is 1. The fourth-order valence-electron chi connectivity index (χ4n) is 4.10. The molecule has 8 nitrogen and oxygen atoms in total. The second-order valence-electron chi connectivity index (χ2n) is 8.38. The molecule has 0 bridgehead atoms. The van der Waals surface area contributed by atoms with E-state index in [4.69, 9.17) is 9.72 Å². The average Bonchev–Trinajstić information content (AvgIpc) is 3.31. The Balaban J connectivity index is 1.43. The molecule has 1 atom stereocenters. The minimum Gasteiger partial charge on any atom is -0.492 e. The van der Waals surface area contributed by atoms with Crippen LogP contribution < -0.4 is 4.74 Å². The molecule has 0 aliphatic carbocycles. The van der Waals surface area contributed by atoms with Gasteiger partial charge in [-0.15, -0.1) is 11.3 Å². The van der Waals surface area contributed by atoms with Crippen LogP contribution in [-0.4, -0.2) is 61.5 Å². The summed E-state index contributed by atoms with van der Waals surface area (Å²) in [7, 11) is 0. The number of aromatic nitrogens is 4. The zero-order chi connectivity index (χ0) is 21.7. The lowest BCUT2D eigenvalue weighted by Gasteiger charge is -2.40. The fourth-order valence-corrected chi connectivity index (χ4v) is 5.15. The van der Waals surface area contributed by atoms with E-state index in [9.17, 15) is 9.90 Å². The van der Waals surface area contributed by atoms with Gasteiger partial charge in [0.15, 0.2) is 10.8 Å². The second kappa shape index (κ2) is 7.72. The fraction of sp³-hybridized carbons (Fsp3) is 0.455. The van der Waals surface area contributed by atoms with Crippen LogP contribution in [0.1, 0.15) is 43.2 Å². The number of aliphatic hydroxyl groups excluding tert-OH is 1. The van der Waals surface area contributed by atoms with Crippen LogP contribution in [0, 0.1) is 0 Å². The molecule has 0 saturated carbocycles. The van der Waals surface area contributed by atoms with Gasteiger partial charge in [0.2, 0.25) is 0 Å². The van der Waals surface area contributed by atoms with Crippen LogP contribution in [0.4, 0.5) is 0 Å². The first-order chi connectivity index (χ1) is 14.9. The zero-order valence-corrected chi connectivity index (χ0v) is 18.6. The van der Waals surface area contributed by atoms with Crippen LogP contribution >= 0.6 is 11.3 Å². The lowest BCUT2D eigenvalue weighted by atomic mass is 9.90. The van der Waals surface area contributed by atoms with Gasteiger partial charge in [-0.3, -0.25) is 4.79 Å². The highest BCUT2D eigenvalue weighted by Crippen LogP contribution is 2.42. The van der Waals surface area contributed by atoms with Crippen molar-refractivity contribution in [2.45, 2.75) is 45.3 Å². The van der Waals surface area contributed by atoms with Gasteiger partial charge < -0.3 is 14.7 Å². The number of aliphatic hydroxyl groups is 1. The highest BCUT2D eigenvalue weighted by atomic mass is 32.1. The minimum atomic E-state index is -0.949. The number of rotatable bonds is 4. The summed E-state index contributed by atoms with van der Waals surface area (Å²) >= 11 is 1.65. The number of carbonyl (C=O) groups is 1. The molecule has 1 saturated heterocycles. The smallest absolute Gasteiger partial charge is 0.251 e. The number of benzene rings is 1. The molecule has 1 fully saturated rings. The molecular formula is C22H25N5O3S. The van der Waals surface area contributed by atoms with E-state index in [0.29, 0.717) is 19.7 Å². The largest absolute Gasteiger partial charge is 0.492 e. The van der Waals surface area contributed by atoms with Crippen LogP contribution in [0.5, 0.6) is 5.75 Å². The lowest BCUT2D eigenvalue weighted by Crippen LogP contribution is -2.51. The summed E-state index contributed by atoms with van der Waals surface area (Å²) in [6.45, 7) is 7.52. The van der Waals surface area contributed by atoms with Gasteiger partial charge in [-0.05, 0) is 38.5 Å². The van der Waals surface area contributed by atoms with Gasteiger partial charge in [0.25, 0.3) is 5.91 Å². The number of nitrogens with zero attached hydrogens (tertiary/aromatic N) is 5. The summed E-state index contributed by atoms with van der Waals surface area (Å²) < 4.78 is 7.97. The van der Waals surface area contributed by atoms with Crippen molar-refractivity contribution in [2.75, 3.05) is 19.7 Å². The van der Waals surface area contributed by atoms with Crippen molar-refractivity contribution in [3.63, 3.8) is 0 Å². The maximum atomic E-state index is 11.9. The SMILES string of the molecule is CC(O)C(=O)N1CC(c2ccc3c(c2)OCCc2sc(-c4ncnn4C(C)C)nc2-3)C1. The van der Waals surface area contributed by atoms with Gasteiger partial charge in [0.05, 0.1) is 12.3 Å². The van der Waals surface area contributed by atoms with Crippen LogP contribution in [0.25, 0.3) is 22.1 Å². The third-order valence-corrected chi connectivity index (χ3v) is 6.93. The van der Waals surface area contributed by atoms with Crippen molar-refractivity contribution in [1.82, 2.24) is 24.6 Å². The Hall–Kier alpha value is -2.78. The summed E-state index contributed by atoms with van der Waals surface area (Å²) in [5.74, 6) is 1.68. The summed E-state index contributed by atoms with van der Waals surface area (Å²) in [5.41, 5.74) is 3.09. The van der Waals surface area contributed by atoms with Crippen molar-refractivity contribution >= 4 is 17.2 Å². The first-order valence-corrected chi connectivity index (χ1v) is 11.4. The van der Waals surface area contributed by atoms with Gasteiger partial charge in [-0.25, -0.2) is 14.6 Å². The quantitative estimate of drug-likeness (QED) is 0.672. The first kappa shape index (κ1) is 20.1. The van der Waals surface area contributed by atoms with Crippen molar-refractivity contribution in [2.24, 2.45) is 0 Å². The Bertz CT molecular complexity index is 1130. The van der Waals surface area contributed by atoms with Crippen molar-refractivity contribution in [1.29, 1.82) is 0 Å². The predicted octanol–water partition coefficient (Wildman–Crippen LogP) is 2.89. The number of likely N-dealkylation sites (tertiary alicyclic amines) is 1. The van der Waals surface area contributed by atoms with E-state index in [0.717, 1.165) is 39.8 Å². The molecule has 162 valence electrons. The van der Waals surface area contributed by atoms with Gasteiger partial charge in [-0.1, -0.05) is 6.07 Å². The summed E-state index contributed by atoms with van der Waals surface area (Å²) in [6.07, 6.45) is 1.43. The van der Waals surface area contributed by atoms with Gasteiger partial charge >= 0.3 is 0 Å². The molecule has 2 aliphatic heterocycles. The van der Waals surface area contributed by atoms with Crippen molar-refractivity contribution in [3.8, 4) is 27.8 Å². The van der Waals surface area contributed by atoms with Gasteiger partial charge in [-0.2, -0.15) is 5.10 Å². The van der Waals surface area contributed by atoms with Crippen LogP contribution in [0.2, 0.25) is 0 Å². The first-order valence-electron chi connectivity index (χ1n) is 10.6. The van der Waals surface area contributed by atoms with Crippen LogP contribution in [0.3, 0.4) is 0 Å². The molecule has 1 amide bonds. The lowest BCUT2D eigenvalue weighted by molar-refractivity contribution is -0.143. The maximum absolute atomic E-state index is 11.9. The molecule has 9 heteroatoms. The predicted molar refractivity (Wildman–Crippen MR) is 117 cm³/mol. The van der Waals surface area contributed by atoms with Crippen molar-refractivity contribution in [3.05, 3.63) is 35.0 Å². The van der Waals surface area contributed by atoms with E-state index in [2.05, 4.69) is 42.1 Å². The number of hydrogen-bond donors (Lipinski definition) is 1. The Kier molecular flexibility index (Phi) is 5.02. The molecule has 1 N–H and O–H groups in total. The molecule has 2 aliphatic rings. The van der Waals surface area contributed by atoms with Gasteiger partial charge in [0.1, 0.15) is 18.2 Å². The van der Waals surface area contributed by atoms with Gasteiger partial charge in [0, 0.05) is 41.9 Å². The molecule has 1 aromatic carbocycles. The topological polar surface area (TPSA) is 93.4 Å². The number of hydrogen-bond acceptors (Lipinski definition) is 7. The third-order valence-electron chi connectivity index (χ3n) is 5.82. The second-order valence-corrected chi connectivity index (χ2v) is 9.47. The average molecular weight is 440 g/mol. The van der Waals surface area contributed by atoms with E-state index in [-0.39, 0.29) is 17.9 Å². The Morgan fingerprint density at radius 3 is 2.84 bits per heavy atom. The molecule has 0 spiro atoms. The van der Waals surface area contributed by atoms with E-state index < -0.39 is 6.10 Å². The van der Waals surface area contributed by atoms with E-state index in [1.807, 2.05) is 4.68 Å². The van der Waals surface area contributed by atoms with E-state index in [1.54, 1.807) is 22.6 Å². The molecule has 0 radical (unpaired) electrons. The van der Waals surface area contributed by atoms with Crippen molar-refractivity contribution < 1.29 is 14.6 Å². The molecule has 4 heterocycles. The summed E-state index contributed by atoms with van der Waals surface area (Å²) in [5, 5.41) is 14.7. The highest BCUT2D eigenvalue weighted by Gasteiger charge is 2.34. The zero-order valence-electron chi connectivity index (χ0n) is 17.8. The maximum Gasteiger partial charge on any atom is 0.251 e. The minimum absolute atomic E-state index is 0.210. The molecule has 5 rings (SSSR count). The molecule has 31 heavy (non-hydrogen) atoms. The number of ether oxygens (including phenoxy) is 1. The highest BCUT2D eigenvalue weighted by molar-refractivity contribution is 7.15.